The highest BCUT2D eigenvalue weighted by Crippen LogP contribution is 2.31. The van der Waals surface area contributed by atoms with Crippen LogP contribution in [0.5, 0.6) is 5.75 Å². The Hall–Kier alpha value is -1.13. The van der Waals surface area contributed by atoms with Gasteiger partial charge in [0.05, 0.1) is 19.8 Å². The van der Waals surface area contributed by atoms with Gasteiger partial charge in [-0.2, -0.15) is 0 Å². The van der Waals surface area contributed by atoms with Gasteiger partial charge in [-0.1, -0.05) is 6.07 Å². The molecule has 1 N–H and O–H groups in total. The molecule has 2 atom stereocenters. The number of ether oxygens (including phenoxy) is 2. The van der Waals surface area contributed by atoms with Crippen LogP contribution in [0.3, 0.4) is 0 Å². The molecule has 0 aliphatic carbocycles. The lowest BCUT2D eigenvalue weighted by Gasteiger charge is -2.26. The smallest absolute Gasteiger partial charge is 0.124 e. The van der Waals surface area contributed by atoms with E-state index in [1.807, 2.05) is 6.07 Å². The van der Waals surface area contributed by atoms with Crippen LogP contribution in [0.2, 0.25) is 0 Å². The lowest BCUT2D eigenvalue weighted by Crippen LogP contribution is -2.33. The summed E-state index contributed by atoms with van der Waals surface area (Å²) < 4.78 is 24.3. The monoisotopic (exact) mass is 239 g/mol. The van der Waals surface area contributed by atoms with E-state index in [4.69, 9.17) is 9.47 Å². The van der Waals surface area contributed by atoms with Crippen molar-refractivity contribution in [3.63, 3.8) is 0 Å². The van der Waals surface area contributed by atoms with E-state index in [1.54, 1.807) is 19.2 Å². The molecule has 0 spiro atoms. The third kappa shape index (κ3) is 2.76. The number of methoxy groups -OCH3 is 1. The zero-order valence-corrected chi connectivity index (χ0v) is 10.2. The predicted molar refractivity (Wildman–Crippen MR) is 64.1 cm³/mol. The maximum absolute atomic E-state index is 13.3. The van der Waals surface area contributed by atoms with Gasteiger partial charge in [-0.15, -0.1) is 0 Å². The van der Waals surface area contributed by atoms with Crippen LogP contribution in [0.1, 0.15) is 30.3 Å². The van der Waals surface area contributed by atoms with Gasteiger partial charge >= 0.3 is 0 Å². The van der Waals surface area contributed by atoms with Gasteiger partial charge in [0.15, 0.2) is 0 Å². The van der Waals surface area contributed by atoms with E-state index >= 15 is 0 Å². The average Bonchev–Trinajstić information content (AvgIpc) is 2.39. The van der Waals surface area contributed by atoms with Crippen LogP contribution in [-0.2, 0) is 4.74 Å². The number of benzene rings is 1. The molecular weight excluding hydrogens is 221 g/mol. The van der Waals surface area contributed by atoms with Gasteiger partial charge < -0.3 is 14.8 Å². The summed E-state index contributed by atoms with van der Waals surface area (Å²) in [6, 6.07) is 5.39. The first-order valence-electron chi connectivity index (χ1n) is 5.86. The molecule has 2 rings (SSSR count). The Morgan fingerprint density at radius 2 is 2.35 bits per heavy atom. The summed E-state index contributed by atoms with van der Waals surface area (Å²) >= 11 is 0. The predicted octanol–water partition coefficient (Wildman–Crippen LogP) is 2.39. The molecule has 0 saturated carbocycles. The van der Waals surface area contributed by atoms with E-state index in [1.165, 1.54) is 6.92 Å². The molecule has 1 heterocycles. The van der Waals surface area contributed by atoms with E-state index in [0.29, 0.717) is 12.2 Å². The number of halogens is 1. The van der Waals surface area contributed by atoms with Gasteiger partial charge in [0, 0.05) is 18.7 Å². The molecule has 1 aliphatic rings. The molecule has 2 unspecified atom stereocenters. The second kappa shape index (κ2) is 5.47. The SMILES string of the molecule is COc1ccc(C(C)F)cc1C1CNCCO1. The topological polar surface area (TPSA) is 30.5 Å². The molecule has 17 heavy (non-hydrogen) atoms. The molecule has 3 nitrogen and oxygen atoms in total. The van der Waals surface area contributed by atoms with Gasteiger partial charge in [-0.3, -0.25) is 0 Å². The minimum Gasteiger partial charge on any atom is -0.496 e. The van der Waals surface area contributed by atoms with Gasteiger partial charge in [0.25, 0.3) is 0 Å². The van der Waals surface area contributed by atoms with E-state index in [2.05, 4.69) is 5.32 Å². The Labute approximate surface area is 101 Å². The highest BCUT2D eigenvalue weighted by atomic mass is 19.1. The van der Waals surface area contributed by atoms with Crippen molar-refractivity contribution in [3.8, 4) is 5.75 Å². The van der Waals surface area contributed by atoms with Crippen molar-refractivity contribution < 1.29 is 13.9 Å². The molecule has 0 bridgehead atoms. The first-order chi connectivity index (χ1) is 8.22. The molecule has 1 aromatic rings. The van der Waals surface area contributed by atoms with Crippen molar-refractivity contribution in [2.45, 2.75) is 19.2 Å². The lowest BCUT2D eigenvalue weighted by molar-refractivity contribution is 0.0262. The quantitative estimate of drug-likeness (QED) is 0.878. The van der Waals surface area contributed by atoms with E-state index in [-0.39, 0.29) is 6.10 Å². The fraction of sp³-hybridized carbons (Fsp3) is 0.538. The van der Waals surface area contributed by atoms with Crippen LogP contribution < -0.4 is 10.1 Å². The summed E-state index contributed by atoms with van der Waals surface area (Å²) in [4.78, 5) is 0. The van der Waals surface area contributed by atoms with E-state index in [0.717, 1.165) is 24.4 Å². The Balaban J connectivity index is 2.30. The van der Waals surface area contributed by atoms with Crippen molar-refractivity contribution in [2.24, 2.45) is 0 Å². The molecule has 0 aromatic heterocycles. The second-order valence-electron chi connectivity index (χ2n) is 4.18. The Morgan fingerprint density at radius 1 is 1.53 bits per heavy atom. The number of rotatable bonds is 3. The van der Waals surface area contributed by atoms with Gasteiger partial charge in [0.2, 0.25) is 0 Å². The molecule has 94 valence electrons. The molecule has 1 saturated heterocycles. The Morgan fingerprint density at radius 3 is 2.94 bits per heavy atom. The fourth-order valence-electron chi connectivity index (χ4n) is 2.02. The maximum Gasteiger partial charge on any atom is 0.124 e. The second-order valence-corrected chi connectivity index (χ2v) is 4.18. The third-order valence-corrected chi connectivity index (χ3v) is 2.99. The van der Waals surface area contributed by atoms with Gasteiger partial charge in [-0.05, 0) is 24.6 Å². The van der Waals surface area contributed by atoms with Crippen LogP contribution in [0.25, 0.3) is 0 Å². The summed E-state index contributed by atoms with van der Waals surface area (Å²) in [5.41, 5.74) is 1.58. The standard InChI is InChI=1S/C13H18FNO2/c1-9(14)10-3-4-12(16-2)11(7-10)13-8-15-5-6-17-13/h3-4,7,9,13,15H,5-6,8H2,1-2H3. The number of morpholine rings is 1. The Bertz CT molecular complexity index is 376. The number of nitrogens with one attached hydrogen (secondary N) is 1. The molecule has 0 radical (unpaired) electrons. The largest absolute Gasteiger partial charge is 0.496 e. The minimum absolute atomic E-state index is 0.0580. The van der Waals surface area contributed by atoms with Crippen LogP contribution >= 0.6 is 0 Å². The molecule has 1 aromatic carbocycles. The molecule has 0 amide bonds. The Kier molecular flexibility index (Phi) is 3.97. The van der Waals surface area contributed by atoms with Crippen molar-refractivity contribution in [1.82, 2.24) is 5.32 Å². The van der Waals surface area contributed by atoms with Crippen LogP contribution in [-0.4, -0.2) is 26.8 Å². The fourth-order valence-corrected chi connectivity index (χ4v) is 2.02. The maximum atomic E-state index is 13.3. The zero-order chi connectivity index (χ0) is 12.3. The number of hydrogen-bond donors (Lipinski definition) is 1. The van der Waals surface area contributed by atoms with E-state index < -0.39 is 6.17 Å². The number of hydrogen-bond acceptors (Lipinski definition) is 3. The van der Waals surface area contributed by atoms with Crippen molar-refractivity contribution >= 4 is 0 Å². The molecule has 1 fully saturated rings. The van der Waals surface area contributed by atoms with Crippen molar-refractivity contribution in [1.29, 1.82) is 0 Å². The van der Waals surface area contributed by atoms with Gasteiger partial charge in [-0.25, -0.2) is 4.39 Å². The minimum atomic E-state index is -0.976. The first-order valence-corrected chi connectivity index (χ1v) is 5.86. The highest BCUT2D eigenvalue weighted by Gasteiger charge is 2.20. The average molecular weight is 239 g/mol. The van der Waals surface area contributed by atoms with Crippen LogP contribution in [0, 0.1) is 0 Å². The molecule has 1 aliphatic heterocycles. The molecule has 4 heteroatoms. The first kappa shape index (κ1) is 12.3. The highest BCUT2D eigenvalue weighted by molar-refractivity contribution is 5.40. The van der Waals surface area contributed by atoms with Crippen LogP contribution in [0.4, 0.5) is 4.39 Å². The summed E-state index contributed by atoms with van der Waals surface area (Å²) in [7, 11) is 1.62. The van der Waals surface area contributed by atoms with Crippen LogP contribution in [0.15, 0.2) is 18.2 Å². The van der Waals surface area contributed by atoms with E-state index in [9.17, 15) is 4.39 Å². The normalized spacial score (nSPS) is 22.2. The summed E-state index contributed by atoms with van der Waals surface area (Å²) in [5, 5.41) is 3.26. The lowest BCUT2D eigenvalue weighted by atomic mass is 10.0. The summed E-state index contributed by atoms with van der Waals surface area (Å²) in [6.07, 6.45) is -1.03. The van der Waals surface area contributed by atoms with Crippen molar-refractivity contribution in [2.75, 3.05) is 26.8 Å². The summed E-state index contributed by atoms with van der Waals surface area (Å²) in [6.45, 7) is 3.80. The molecular formula is C13H18FNO2. The van der Waals surface area contributed by atoms with Gasteiger partial charge in [0.1, 0.15) is 11.9 Å². The number of alkyl halides is 1. The third-order valence-electron chi connectivity index (χ3n) is 2.99. The summed E-state index contributed by atoms with van der Waals surface area (Å²) in [5.74, 6) is 0.753. The zero-order valence-electron chi connectivity index (χ0n) is 10.2. The van der Waals surface area contributed by atoms with Crippen molar-refractivity contribution in [3.05, 3.63) is 29.3 Å².